The highest BCUT2D eigenvalue weighted by molar-refractivity contribution is 7.98. The molecule has 1 aliphatic rings. The van der Waals surface area contributed by atoms with Crippen LogP contribution in [0.15, 0.2) is 48.5 Å². The van der Waals surface area contributed by atoms with Crippen molar-refractivity contribution >= 4 is 53.1 Å². The van der Waals surface area contributed by atoms with Crippen LogP contribution in [0.3, 0.4) is 0 Å². The van der Waals surface area contributed by atoms with E-state index in [4.69, 9.17) is 27.9 Å². The van der Waals surface area contributed by atoms with E-state index in [0.717, 1.165) is 17.5 Å². The minimum Gasteiger partial charge on any atom is -0.444 e. The van der Waals surface area contributed by atoms with Gasteiger partial charge < -0.3 is 10.1 Å². The van der Waals surface area contributed by atoms with Gasteiger partial charge in [-0.15, -0.1) is 0 Å². The Bertz CT molecular complexity index is 909. The van der Waals surface area contributed by atoms with Crippen LogP contribution in [0.1, 0.15) is 22.8 Å². The summed E-state index contributed by atoms with van der Waals surface area (Å²) in [4.78, 5) is 37.8. The smallest absolute Gasteiger partial charge is 0.335 e. The molecule has 1 atom stereocenters. The van der Waals surface area contributed by atoms with Gasteiger partial charge in [0.25, 0.3) is 5.91 Å². The molecule has 3 amide bonds. The lowest BCUT2D eigenvalue weighted by Gasteiger charge is -2.22. The number of amides is 3. The van der Waals surface area contributed by atoms with E-state index in [0.29, 0.717) is 22.2 Å². The Hall–Kier alpha value is -2.42. The molecule has 2 aromatic carbocycles. The number of carbonyl (C=O) groups is 3. The predicted molar refractivity (Wildman–Crippen MR) is 111 cm³/mol. The van der Waals surface area contributed by atoms with Gasteiger partial charge in [-0.1, -0.05) is 35.3 Å². The highest BCUT2D eigenvalue weighted by Gasteiger charge is 2.40. The second kappa shape index (κ2) is 9.39. The van der Waals surface area contributed by atoms with Crippen LogP contribution in [-0.2, 0) is 16.1 Å². The summed E-state index contributed by atoms with van der Waals surface area (Å²) in [6, 6.07) is 13.1. The number of hydrogen-bond acceptors (Lipinski definition) is 5. The Morgan fingerprint density at radius 1 is 1.07 bits per heavy atom. The van der Waals surface area contributed by atoms with E-state index < -0.39 is 11.5 Å². The molecule has 29 heavy (non-hydrogen) atoms. The fraction of sp³-hybridized carbons (Fsp3) is 0.211. The summed E-state index contributed by atoms with van der Waals surface area (Å²) in [6.45, 7) is 1.27. The highest BCUT2D eigenvalue weighted by atomic mass is 35.5. The van der Waals surface area contributed by atoms with Gasteiger partial charge in [0, 0.05) is 34.5 Å². The summed E-state index contributed by atoms with van der Waals surface area (Å²) in [5.74, 6) is -0.908. The average molecular weight is 454 g/mol. The van der Waals surface area contributed by atoms with Crippen LogP contribution < -0.4 is 5.32 Å². The van der Waals surface area contributed by atoms with E-state index in [2.05, 4.69) is 5.32 Å². The summed E-state index contributed by atoms with van der Waals surface area (Å²) in [5.41, 5.74) is 0.524. The maximum Gasteiger partial charge on any atom is 0.335 e. The maximum absolute atomic E-state index is 12.8. The molecule has 1 heterocycles. The molecule has 0 bridgehead atoms. The second-order valence-electron chi connectivity index (χ2n) is 6.12. The molecular formula is C19H17Cl2N3O4S. The Morgan fingerprint density at radius 2 is 1.66 bits per heavy atom. The van der Waals surface area contributed by atoms with E-state index in [1.807, 2.05) is 12.1 Å². The average Bonchev–Trinajstić information content (AvgIpc) is 2.96. The van der Waals surface area contributed by atoms with Crippen LogP contribution in [-0.4, -0.2) is 39.3 Å². The van der Waals surface area contributed by atoms with E-state index in [9.17, 15) is 14.4 Å². The topological polar surface area (TPSA) is 79.0 Å². The molecule has 1 aliphatic heterocycles. The van der Waals surface area contributed by atoms with Gasteiger partial charge in [-0.2, -0.15) is 0 Å². The van der Waals surface area contributed by atoms with Crippen LogP contribution >= 0.6 is 35.1 Å². The van der Waals surface area contributed by atoms with Crippen molar-refractivity contribution in [3.8, 4) is 0 Å². The Labute approximate surface area is 182 Å². The lowest BCUT2D eigenvalue weighted by atomic mass is 10.2. The van der Waals surface area contributed by atoms with Crippen LogP contribution in [0, 0.1) is 0 Å². The first-order valence-corrected chi connectivity index (χ1v) is 10.1. The number of urea groups is 1. The third-order valence-electron chi connectivity index (χ3n) is 3.98. The molecule has 0 radical (unpaired) electrons. The first kappa shape index (κ1) is 21.3. The van der Waals surface area contributed by atoms with Gasteiger partial charge in [0.05, 0.1) is 6.54 Å². The van der Waals surface area contributed by atoms with Crippen molar-refractivity contribution in [2.24, 2.45) is 0 Å². The molecule has 1 fully saturated rings. The number of rotatable bonds is 6. The number of esters is 1. The van der Waals surface area contributed by atoms with Gasteiger partial charge in [-0.05, 0) is 42.0 Å². The van der Waals surface area contributed by atoms with Gasteiger partial charge in [-0.3, -0.25) is 18.8 Å². The Morgan fingerprint density at radius 3 is 2.24 bits per heavy atom. The van der Waals surface area contributed by atoms with Crippen molar-refractivity contribution in [2.45, 2.75) is 19.0 Å². The van der Waals surface area contributed by atoms with Crippen molar-refractivity contribution < 1.29 is 19.1 Å². The molecular weight excluding hydrogens is 437 g/mol. The molecule has 152 valence electrons. The molecule has 0 aromatic heterocycles. The minimum atomic E-state index is -0.739. The molecule has 3 rings (SSSR count). The summed E-state index contributed by atoms with van der Waals surface area (Å²) in [5, 5.41) is 3.88. The van der Waals surface area contributed by atoms with E-state index >= 15 is 0 Å². The first-order valence-electron chi connectivity index (χ1n) is 8.52. The van der Waals surface area contributed by atoms with E-state index in [1.165, 1.54) is 16.1 Å². The Balaban J connectivity index is 1.74. The molecule has 1 saturated heterocycles. The number of nitrogens with one attached hydrogen (secondary N) is 1. The number of benzene rings is 2. The minimum absolute atomic E-state index is 0.274. The van der Waals surface area contributed by atoms with E-state index in [1.54, 1.807) is 36.4 Å². The maximum atomic E-state index is 12.8. The number of nitrogens with zero attached hydrogens (tertiary/aromatic N) is 2. The number of carbonyl (C=O) groups excluding carboxylic acids is 3. The number of ether oxygens (including phenoxy) is 1. The molecule has 1 unspecified atom stereocenters. The van der Waals surface area contributed by atoms with Crippen LogP contribution in [0.5, 0.6) is 0 Å². The second-order valence-corrected chi connectivity index (χ2v) is 8.09. The summed E-state index contributed by atoms with van der Waals surface area (Å²) >= 11 is 12.9. The predicted octanol–water partition coefficient (Wildman–Crippen LogP) is 4.11. The standard InChI is InChI=1S/C19H17Cl2N3O4S/c1-12(25)28-11-23-18(22-17(26)14-4-8-16(21)9-5-14)29-24(19(23)27)10-13-2-6-15(20)7-3-13/h2-9,18H,10-11H2,1H3,(H,22,26). The van der Waals surface area contributed by atoms with Gasteiger partial charge in [0.2, 0.25) is 0 Å². The monoisotopic (exact) mass is 453 g/mol. The molecule has 2 aromatic rings. The van der Waals surface area contributed by atoms with Crippen molar-refractivity contribution in [3.05, 3.63) is 69.7 Å². The first-order chi connectivity index (χ1) is 13.8. The zero-order valence-corrected chi connectivity index (χ0v) is 17.6. The lowest BCUT2D eigenvalue weighted by molar-refractivity contribution is -0.144. The zero-order chi connectivity index (χ0) is 21.0. The quantitative estimate of drug-likeness (QED) is 0.525. The molecule has 0 spiro atoms. The highest BCUT2D eigenvalue weighted by Crippen LogP contribution is 2.31. The largest absolute Gasteiger partial charge is 0.444 e. The normalized spacial score (nSPS) is 16.1. The van der Waals surface area contributed by atoms with E-state index in [-0.39, 0.29) is 18.7 Å². The van der Waals surface area contributed by atoms with Crippen LogP contribution in [0.4, 0.5) is 4.79 Å². The summed E-state index contributed by atoms with van der Waals surface area (Å²) in [7, 11) is 0. The van der Waals surface area contributed by atoms with Crippen LogP contribution in [0.2, 0.25) is 10.0 Å². The molecule has 1 N–H and O–H groups in total. The van der Waals surface area contributed by atoms with Crippen LogP contribution in [0.25, 0.3) is 0 Å². The summed E-state index contributed by atoms with van der Waals surface area (Å²) in [6.07, 6.45) is 0. The lowest BCUT2D eigenvalue weighted by Crippen LogP contribution is -2.46. The van der Waals surface area contributed by atoms with Gasteiger partial charge in [-0.25, -0.2) is 4.79 Å². The zero-order valence-electron chi connectivity index (χ0n) is 15.3. The number of halogens is 2. The van der Waals surface area contributed by atoms with Gasteiger partial charge >= 0.3 is 12.0 Å². The van der Waals surface area contributed by atoms with Gasteiger partial charge in [0.1, 0.15) is 0 Å². The SMILES string of the molecule is CC(=O)OCN1C(=O)N(Cc2ccc(Cl)cc2)SC1NC(=O)c1ccc(Cl)cc1. The van der Waals surface area contributed by atoms with Gasteiger partial charge in [0.15, 0.2) is 12.2 Å². The summed E-state index contributed by atoms with van der Waals surface area (Å²) < 4.78 is 6.47. The van der Waals surface area contributed by atoms with Crippen molar-refractivity contribution in [3.63, 3.8) is 0 Å². The fourth-order valence-corrected chi connectivity index (χ4v) is 3.85. The van der Waals surface area contributed by atoms with Crippen molar-refractivity contribution in [1.29, 1.82) is 0 Å². The fourth-order valence-electron chi connectivity index (χ4n) is 2.51. The molecule has 0 saturated carbocycles. The molecule has 10 heteroatoms. The van der Waals surface area contributed by atoms with Crippen molar-refractivity contribution in [1.82, 2.24) is 14.5 Å². The molecule has 0 aliphatic carbocycles. The third-order valence-corrected chi connectivity index (χ3v) is 5.59. The Kier molecular flexibility index (Phi) is 6.89. The number of hydrogen-bond donors (Lipinski definition) is 1. The third kappa shape index (κ3) is 5.56. The molecule has 7 nitrogen and oxygen atoms in total. The van der Waals surface area contributed by atoms with Crippen molar-refractivity contribution in [2.75, 3.05) is 6.73 Å².